The molecule has 4 rings (SSSR count). The number of hydrogen-bond donors (Lipinski definition) is 1. The average Bonchev–Trinajstić information content (AvgIpc) is 2.86. The predicted octanol–water partition coefficient (Wildman–Crippen LogP) is 6.38. The number of rotatable bonds is 7. The Morgan fingerprint density at radius 1 is 0.969 bits per heavy atom. The number of ether oxygens (including phenoxy) is 1. The van der Waals surface area contributed by atoms with Gasteiger partial charge in [-0.2, -0.15) is 0 Å². The number of benzene rings is 3. The normalized spacial score (nSPS) is 14.4. The minimum Gasteiger partial charge on any atom is -0.497 e. The van der Waals surface area contributed by atoms with Crippen molar-refractivity contribution in [3.05, 3.63) is 101 Å². The highest BCUT2D eigenvalue weighted by Gasteiger charge is 2.19. The minimum atomic E-state index is -0.0587. The number of methoxy groups -OCH3 is 1. The van der Waals surface area contributed by atoms with E-state index in [1.54, 1.807) is 7.11 Å². The van der Waals surface area contributed by atoms with E-state index in [-0.39, 0.29) is 11.9 Å². The van der Waals surface area contributed by atoms with Gasteiger partial charge in [0, 0.05) is 5.57 Å². The molecule has 0 unspecified atom stereocenters. The SMILES string of the molecule is CC[C@@H](NC(=O)/C(=C/c1ccc(OC)cc1)c1ccccc1)c1ccc2c(c1)CCCC2. The summed E-state index contributed by atoms with van der Waals surface area (Å²) in [7, 11) is 1.65. The molecule has 32 heavy (non-hydrogen) atoms. The third kappa shape index (κ3) is 5.11. The molecule has 1 N–H and O–H groups in total. The van der Waals surface area contributed by atoms with E-state index in [2.05, 4.69) is 30.4 Å². The van der Waals surface area contributed by atoms with Crippen molar-refractivity contribution < 1.29 is 9.53 Å². The van der Waals surface area contributed by atoms with Crippen molar-refractivity contribution in [2.24, 2.45) is 0 Å². The highest BCUT2D eigenvalue weighted by atomic mass is 16.5. The van der Waals surface area contributed by atoms with E-state index in [0.717, 1.165) is 29.7 Å². The number of carbonyl (C=O) groups excluding carboxylic acids is 1. The lowest BCUT2D eigenvalue weighted by Crippen LogP contribution is -2.29. The summed E-state index contributed by atoms with van der Waals surface area (Å²) in [5.74, 6) is 0.739. The Hall–Kier alpha value is -3.33. The molecular formula is C29H31NO2. The van der Waals surface area contributed by atoms with E-state index in [1.807, 2.05) is 60.7 Å². The van der Waals surface area contributed by atoms with Gasteiger partial charge in [0.05, 0.1) is 13.2 Å². The molecule has 1 amide bonds. The molecule has 3 nitrogen and oxygen atoms in total. The fourth-order valence-electron chi connectivity index (χ4n) is 4.39. The minimum absolute atomic E-state index is 0.0160. The molecule has 0 heterocycles. The fourth-order valence-corrected chi connectivity index (χ4v) is 4.39. The Morgan fingerprint density at radius 2 is 1.69 bits per heavy atom. The van der Waals surface area contributed by atoms with Gasteiger partial charge in [-0.05, 0) is 78.1 Å². The summed E-state index contributed by atoms with van der Waals surface area (Å²) in [5, 5.41) is 3.30. The van der Waals surface area contributed by atoms with Gasteiger partial charge >= 0.3 is 0 Å². The molecule has 0 fully saturated rings. The first kappa shape index (κ1) is 21.9. The van der Waals surface area contributed by atoms with Crippen LogP contribution in [0.4, 0.5) is 0 Å². The number of nitrogens with one attached hydrogen (secondary N) is 1. The molecule has 3 aromatic carbocycles. The summed E-state index contributed by atoms with van der Waals surface area (Å²) in [6.07, 6.45) is 7.62. The van der Waals surface area contributed by atoms with Gasteiger partial charge in [-0.15, -0.1) is 0 Å². The quantitative estimate of drug-likeness (QED) is 0.352. The number of carbonyl (C=O) groups is 1. The molecular weight excluding hydrogens is 394 g/mol. The summed E-state index contributed by atoms with van der Waals surface area (Å²) in [6.45, 7) is 2.12. The highest BCUT2D eigenvalue weighted by molar-refractivity contribution is 6.24. The first-order valence-electron chi connectivity index (χ1n) is 11.5. The Balaban J connectivity index is 1.62. The molecule has 0 saturated carbocycles. The molecule has 1 atom stereocenters. The average molecular weight is 426 g/mol. The smallest absolute Gasteiger partial charge is 0.252 e. The summed E-state index contributed by atoms with van der Waals surface area (Å²) in [6, 6.07) is 24.3. The molecule has 0 saturated heterocycles. The zero-order valence-electron chi connectivity index (χ0n) is 18.9. The number of fused-ring (bicyclic) bond motifs is 1. The van der Waals surface area contributed by atoms with Crippen LogP contribution in [-0.2, 0) is 17.6 Å². The Labute approximate surface area is 191 Å². The first-order chi connectivity index (χ1) is 15.7. The molecule has 0 aliphatic heterocycles. The highest BCUT2D eigenvalue weighted by Crippen LogP contribution is 2.27. The van der Waals surface area contributed by atoms with E-state index >= 15 is 0 Å². The lowest BCUT2D eigenvalue weighted by Gasteiger charge is -2.22. The zero-order valence-corrected chi connectivity index (χ0v) is 18.9. The molecule has 0 radical (unpaired) electrons. The molecule has 164 valence electrons. The number of hydrogen-bond acceptors (Lipinski definition) is 2. The van der Waals surface area contributed by atoms with Gasteiger partial charge in [0.15, 0.2) is 0 Å². The van der Waals surface area contributed by atoms with Gasteiger partial charge in [-0.25, -0.2) is 0 Å². The van der Waals surface area contributed by atoms with Crippen molar-refractivity contribution in [2.75, 3.05) is 7.11 Å². The summed E-state index contributed by atoms with van der Waals surface area (Å²) < 4.78 is 5.26. The number of aryl methyl sites for hydroxylation is 2. The third-order valence-corrected chi connectivity index (χ3v) is 6.24. The van der Waals surface area contributed by atoms with Gasteiger partial charge in [-0.3, -0.25) is 4.79 Å². The Morgan fingerprint density at radius 3 is 2.38 bits per heavy atom. The molecule has 0 bridgehead atoms. The second-order valence-corrected chi connectivity index (χ2v) is 8.37. The van der Waals surface area contributed by atoms with Crippen LogP contribution in [0, 0.1) is 0 Å². The topological polar surface area (TPSA) is 38.3 Å². The van der Waals surface area contributed by atoms with Crippen LogP contribution in [0.5, 0.6) is 5.75 Å². The lowest BCUT2D eigenvalue weighted by atomic mass is 9.88. The molecule has 0 spiro atoms. The summed E-state index contributed by atoms with van der Waals surface area (Å²) in [4.78, 5) is 13.5. The van der Waals surface area contributed by atoms with E-state index in [0.29, 0.717) is 5.57 Å². The van der Waals surface area contributed by atoms with Crippen LogP contribution in [-0.4, -0.2) is 13.0 Å². The van der Waals surface area contributed by atoms with E-state index in [9.17, 15) is 4.79 Å². The van der Waals surface area contributed by atoms with Crippen LogP contribution in [0.25, 0.3) is 11.6 Å². The van der Waals surface area contributed by atoms with Crippen LogP contribution in [0.1, 0.15) is 60.0 Å². The third-order valence-electron chi connectivity index (χ3n) is 6.24. The second kappa shape index (κ2) is 10.3. The predicted molar refractivity (Wildman–Crippen MR) is 132 cm³/mol. The van der Waals surface area contributed by atoms with Crippen molar-refractivity contribution in [2.45, 2.75) is 45.1 Å². The van der Waals surface area contributed by atoms with Crippen LogP contribution < -0.4 is 10.1 Å². The zero-order chi connectivity index (χ0) is 22.3. The molecule has 3 aromatic rings. The summed E-state index contributed by atoms with van der Waals surface area (Å²) >= 11 is 0. The lowest BCUT2D eigenvalue weighted by molar-refractivity contribution is -0.116. The molecule has 3 heteroatoms. The van der Waals surface area contributed by atoms with E-state index in [4.69, 9.17) is 4.74 Å². The largest absolute Gasteiger partial charge is 0.497 e. The van der Waals surface area contributed by atoms with Crippen molar-refractivity contribution in [1.82, 2.24) is 5.32 Å². The molecule has 1 aliphatic rings. The van der Waals surface area contributed by atoms with Crippen LogP contribution in [0.2, 0.25) is 0 Å². The van der Waals surface area contributed by atoms with Gasteiger partial charge in [0.25, 0.3) is 5.91 Å². The second-order valence-electron chi connectivity index (χ2n) is 8.37. The molecule has 1 aliphatic carbocycles. The van der Waals surface area contributed by atoms with Crippen molar-refractivity contribution in [1.29, 1.82) is 0 Å². The van der Waals surface area contributed by atoms with Crippen LogP contribution in [0.3, 0.4) is 0 Å². The Bertz CT molecular complexity index is 1080. The van der Waals surface area contributed by atoms with E-state index in [1.165, 1.54) is 36.0 Å². The summed E-state index contributed by atoms with van der Waals surface area (Å²) in [5.41, 5.74) is 6.62. The molecule has 0 aromatic heterocycles. The number of amides is 1. The monoisotopic (exact) mass is 425 g/mol. The van der Waals surface area contributed by atoms with Crippen molar-refractivity contribution in [3.63, 3.8) is 0 Å². The standard InChI is InChI=1S/C29H31NO2/c1-3-28(25-16-15-22-9-7-8-12-24(22)20-25)30-29(31)27(23-10-5-4-6-11-23)19-21-13-17-26(32-2)18-14-21/h4-6,10-11,13-20,28H,3,7-9,12H2,1-2H3,(H,30,31)/b27-19+/t28-/m1/s1. The van der Waals surface area contributed by atoms with Gasteiger partial charge in [0.2, 0.25) is 0 Å². The van der Waals surface area contributed by atoms with Gasteiger partial charge in [-0.1, -0.05) is 67.6 Å². The maximum atomic E-state index is 13.5. The van der Waals surface area contributed by atoms with Gasteiger partial charge < -0.3 is 10.1 Å². The van der Waals surface area contributed by atoms with Crippen molar-refractivity contribution in [3.8, 4) is 5.75 Å². The van der Waals surface area contributed by atoms with Crippen molar-refractivity contribution >= 4 is 17.6 Å². The Kier molecular flexibility index (Phi) is 7.06. The van der Waals surface area contributed by atoms with Gasteiger partial charge in [0.1, 0.15) is 5.75 Å². The fraction of sp³-hybridized carbons (Fsp3) is 0.276. The van der Waals surface area contributed by atoms with E-state index < -0.39 is 0 Å². The van der Waals surface area contributed by atoms with Crippen LogP contribution >= 0.6 is 0 Å². The maximum Gasteiger partial charge on any atom is 0.252 e. The maximum absolute atomic E-state index is 13.5. The van der Waals surface area contributed by atoms with Crippen LogP contribution in [0.15, 0.2) is 72.8 Å². The first-order valence-corrected chi connectivity index (χ1v) is 11.5.